The normalized spacial score (nSPS) is 10.4. The van der Waals surface area contributed by atoms with Crippen LogP contribution >= 0.6 is 15.9 Å². The molecule has 1 aromatic heterocycles. The molecule has 0 aliphatic heterocycles. The van der Waals surface area contributed by atoms with Crippen molar-refractivity contribution in [3.05, 3.63) is 46.3 Å². The van der Waals surface area contributed by atoms with Gasteiger partial charge in [-0.05, 0) is 37.7 Å². The average Bonchev–Trinajstić information content (AvgIpc) is 2.37. The van der Waals surface area contributed by atoms with Crippen molar-refractivity contribution in [3.63, 3.8) is 0 Å². The zero-order valence-electron chi connectivity index (χ0n) is 10.3. The predicted molar refractivity (Wildman–Crippen MR) is 73.7 cm³/mol. The second-order valence-electron chi connectivity index (χ2n) is 3.89. The van der Waals surface area contributed by atoms with Crippen molar-refractivity contribution in [2.24, 2.45) is 0 Å². The number of hydrogen-bond acceptors (Lipinski definition) is 4. The Morgan fingerprint density at radius 1 is 1.28 bits per heavy atom. The molecular formula is C13H14BrN3O. The van der Waals surface area contributed by atoms with Gasteiger partial charge in [-0.2, -0.15) is 0 Å². The maximum Gasteiger partial charge on any atom is 0.237 e. The lowest BCUT2D eigenvalue weighted by atomic mass is 10.2. The highest BCUT2D eigenvalue weighted by Crippen LogP contribution is 2.24. The number of nitrogens with zero attached hydrogens (tertiary/aromatic N) is 2. The fraction of sp³-hybridized carbons (Fsp3) is 0.231. The summed E-state index contributed by atoms with van der Waals surface area (Å²) in [4.78, 5) is 8.45. The molecule has 0 radical (unpaired) electrons. The highest BCUT2D eigenvalue weighted by molar-refractivity contribution is 9.10. The molecular weight excluding hydrogens is 294 g/mol. The van der Waals surface area contributed by atoms with Crippen LogP contribution in [0, 0.1) is 6.92 Å². The zero-order chi connectivity index (χ0) is 13.0. The molecule has 1 heterocycles. The Hall–Kier alpha value is -1.46. The molecule has 0 aliphatic carbocycles. The van der Waals surface area contributed by atoms with Crippen LogP contribution in [-0.2, 0) is 6.54 Å². The van der Waals surface area contributed by atoms with E-state index in [1.54, 1.807) is 12.4 Å². The van der Waals surface area contributed by atoms with Crippen molar-refractivity contribution < 1.29 is 4.74 Å². The lowest BCUT2D eigenvalue weighted by molar-refractivity contribution is 0.458. The predicted octanol–water partition coefficient (Wildman–Crippen LogP) is 3.06. The van der Waals surface area contributed by atoms with Gasteiger partial charge in [-0.15, -0.1) is 0 Å². The lowest BCUT2D eigenvalue weighted by Crippen LogP contribution is -2.07. The van der Waals surface area contributed by atoms with Gasteiger partial charge < -0.3 is 10.1 Å². The van der Waals surface area contributed by atoms with Crippen molar-refractivity contribution in [1.82, 2.24) is 15.3 Å². The molecule has 0 amide bonds. The van der Waals surface area contributed by atoms with Crippen LogP contribution in [0.15, 0.2) is 35.1 Å². The van der Waals surface area contributed by atoms with Crippen molar-refractivity contribution >= 4 is 15.9 Å². The summed E-state index contributed by atoms with van der Waals surface area (Å²) < 4.78 is 6.69. The Bertz CT molecular complexity index is 528. The molecule has 18 heavy (non-hydrogen) atoms. The molecule has 2 aromatic rings. The Kier molecular flexibility index (Phi) is 4.28. The van der Waals surface area contributed by atoms with Crippen LogP contribution in [0.2, 0.25) is 0 Å². The molecule has 1 N–H and O–H groups in total. The molecule has 5 heteroatoms. The van der Waals surface area contributed by atoms with E-state index in [9.17, 15) is 0 Å². The van der Waals surface area contributed by atoms with Gasteiger partial charge in [0, 0.05) is 11.0 Å². The molecule has 94 valence electrons. The van der Waals surface area contributed by atoms with Crippen molar-refractivity contribution in [3.8, 4) is 11.6 Å². The minimum Gasteiger partial charge on any atom is -0.437 e. The van der Waals surface area contributed by atoms with Gasteiger partial charge >= 0.3 is 0 Å². The minimum atomic E-state index is 0.497. The summed E-state index contributed by atoms with van der Waals surface area (Å²) in [5.74, 6) is 1.25. The third-order valence-corrected chi connectivity index (χ3v) is 3.28. The van der Waals surface area contributed by atoms with Crippen LogP contribution in [0.5, 0.6) is 11.6 Å². The number of halogens is 1. The van der Waals surface area contributed by atoms with E-state index < -0.39 is 0 Å². The average molecular weight is 308 g/mol. The zero-order valence-corrected chi connectivity index (χ0v) is 11.9. The van der Waals surface area contributed by atoms with Gasteiger partial charge in [0.05, 0.1) is 18.1 Å². The van der Waals surface area contributed by atoms with E-state index in [4.69, 9.17) is 4.74 Å². The fourth-order valence-electron chi connectivity index (χ4n) is 1.47. The molecule has 0 bridgehead atoms. The Labute approximate surface area is 115 Å². The number of aromatic nitrogens is 2. The van der Waals surface area contributed by atoms with Gasteiger partial charge in [-0.3, -0.25) is 4.98 Å². The van der Waals surface area contributed by atoms with Gasteiger partial charge in [0.1, 0.15) is 5.75 Å². The molecule has 0 fully saturated rings. The molecule has 0 saturated carbocycles. The quantitative estimate of drug-likeness (QED) is 0.943. The number of hydrogen-bond donors (Lipinski definition) is 1. The van der Waals surface area contributed by atoms with Crippen molar-refractivity contribution in [1.29, 1.82) is 0 Å². The number of ether oxygens (including phenoxy) is 1. The Balaban J connectivity index is 2.10. The first-order chi connectivity index (χ1) is 8.69. The van der Waals surface area contributed by atoms with Gasteiger partial charge in [-0.1, -0.05) is 15.9 Å². The summed E-state index contributed by atoms with van der Waals surface area (Å²) >= 11 is 3.45. The largest absolute Gasteiger partial charge is 0.437 e. The van der Waals surface area contributed by atoms with Crippen LogP contribution in [0.3, 0.4) is 0 Å². The second-order valence-corrected chi connectivity index (χ2v) is 4.74. The SMILES string of the molecule is CNCc1cnc(Oc2ccc(Br)c(C)c2)cn1. The van der Waals surface area contributed by atoms with E-state index in [1.165, 1.54) is 0 Å². The Morgan fingerprint density at radius 2 is 2.11 bits per heavy atom. The van der Waals surface area contributed by atoms with E-state index in [0.29, 0.717) is 12.4 Å². The molecule has 0 spiro atoms. The summed E-state index contributed by atoms with van der Waals surface area (Å²) in [7, 11) is 1.87. The van der Waals surface area contributed by atoms with Crippen LogP contribution < -0.4 is 10.1 Å². The first-order valence-electron chi connectivity index (χ1n) is 5.58. The third kappa shape index (κ3) is 3.27. The second kappa shape index (κ2) is 5.93. The summed E-state index contributed by atoms with van der Waals surface area (Å²) in [5.41, 5.74) is 2.00. The van der Waals surface area contributed by atoms with E-state index in [0.717, 1.165) is 21.5 Å². The highest BCUT2D eigenvalue weighted by Gasteiger charge is 2.02. The summed E-state index contributed by atoms with van der Waals surface area (Å²) in [6.07, 6.45) is 3.33. The standard InChI is InChI=1S/C13H14BrN3O/c1-9-5-11(3-4-12(9)14)18-13-8-16-10(6-15-2)7-17-13/h3-5,7-8,15H,6H2,1-2H3. The Morgan fingerprint density at radius 3 is 2.72 bits per heavy atom. The molecule has 0 atom stereocenters. The molecule has 1 aromatic carbocycles. The van der Waals surface area contributed by atoms with Gasteiger partial charge in [0.25, 0.3) is 0 Å². The van der Waals surface area contributed by atoms with E-state index >= 15 is 0 Å². The van der Waals surface area contributed by atoms with E-state index in [-0.39, 0.29) is 0 Å². The van der Waals surface area contributed by atoms with Gasteiger partial charge in [0.15, 0.2) is 0 Å². The lowest BCUT2D eigenvalue weighted by Gasteiger charge is -2.06. The maximum atomic E-state index is 5.63. The maximum absolute atomic E-state index is 5.63. The van der Waals surface area contributed by atoms with Gasteiger partial charge in [0.2, 0.25) is 5.88 Å². The molecule has 4 nitrogen and oxygen atoms in total. The fourth-order valence-corrected chi connectivity index (χ4v) is 1.72. The highest BCUT2D eigenvalue weighted by atomic mass is 79.9. The summed E-state index contributed by atoms with van der Waals surface area (Å²) in [6, 6.07) is 5.79. The van der Waals surface area contributed by atoms with E-state index in [2.05, 4.69) is 31.2 Å². The van der Waals surface area contributed by atoms with Crippen LogP contribution in [-0.4, -0.2) is 17.0 Å². The number of benzene rings is 1. The molecule has 2 rings (SSSR count). The third-order valence-electron chi connectivity index (χ3n) is 2.39. The minimum absolute atomic E-state index is 0.497. The smallest absolute Gasteiger partial charge is 0.237 e. The van der Waals surface area contributed by atoms with Crippen LogP contribution in [0.25, 0.3) is 0 Å². The molecule has 0 saturated heterocycles. The first kappa shape index (κ1) is 13.0. The first-order valence-corrected chi connectivity index (χ1v) is 6.38. The number of aryl methyl sites for hydroxylation is 1. The number of rotatable bonds is 4. The molecule has 0 unspecified atom stereocenters. The summed E-state index contributed by atoms with van der Waals surface area (Å²) in [6.45, 7) is 2.71. The molecule has 0 aliphatic rings. The van der Waals surface area contributed by atoms with Crippen molar-refractivity contribution in [2.45, 2.75) is 13.5 Å². The van der Waals surface area contributed by atoms with Crippen LogP contribution in [0.4, 0.5) is 0 Å². The summed E-state index contributed by atoms with van der Waals surface area (Å²) in [5, 5.41) is 3.02. The monoisotopic (exact) mass is 307 g/mol. The van der Waals surface area contributed by atoms with Gasteiger partial charge in [-0.25, -0.2) is 4.98 Å². The van der Waals surface area contributed by atoms with Crippen molar-refractivity contribution in [2.75, 3.05) is 7.05 Å². The topological polar surface area (TPSA) is 47.0 Å². The van der Waals surface area contributed by atoms with E-state index in [1.807, 2.05) is 32.2 Å². The van der Waals surface area contributed by atoms with Crippen LogP contribution in [0.1, 0.15) is 11.3 Å². The number of nitrogens with one attached hydrogen (secondary N) is 1.